The fourth-order valence-electron chi connectivity index (χ4n) is 2.65. The highest BCUT2D eigenvalue weighted by Crippen LogP contribution is 2.27. The number of aromatic nitrogens is 1. The molecule has 0 aliphatic carbocycles. The number of carbonyl (C=O) groups is 2. The maximum absolute atomic E-state index is 12.3. The standard InChI is InChI=1S/C17H24ClN3O4/c1-11-10-20(8-9-21(11)16(23)25-17(2,3)4)13-7-6-12(15(22)24-5)19-14(13)18/h6-7,11H,8-10H2,1-5H3/t11-/m1/s1. The molecule has 1 amide bonds. The molecule has 1 saturated heterocycles. The van der Waals surface area contributed by atoms with Crippen molar-refractivity contribution in [2.75, 3.05) is 31.6 Å². The number of hydrogen-bond donors (Lipinski definition) is 0. The largest absolute Gasteiger partial charge is 0.464 e. The molecular weight excluding hydrogens is 346 g/mol. The lowest BCUT2D eigenvalue weighted by molar-refractivity contribution is 0.0159. The lowest BCUT2D eigenvalue weighted by atomic mass is 10.1. The number of ether oxygens (including phenoxy) is 2. The third-order valence-corrected chi connectivity index (χ3v) is 4.10. The second kappa shape index (κ2) is 7.47. The molecular formula is C17H24ClN3O4. The fourth-order valence-corrected chi connectivity index (χ4v) is 2.92. The molecule has 1 aliphatic rings. The van der Waals surface area contributed by atoms with Gasteiger partial charge in [0.15, 0.2) is 5.15 Å². The van der Waals surface area contributed by atoms with Gasteiger partial charge in [0.25, 0.3) is 0 Å². The average molecular weight is 370 g/mol. The summed E-state index contributed by atoms with van der Waals surface area (Å²) in [5.74, 6) is -0.531. The van der Waals surface area contributed by atoms with E-state index in [0.717, 1.165) is 5.69 Å². The summed E-state index contributed by atoms with van der Waals surface area (Å²) < 4.78 is 10.1. The van der Waals surface area contributed by atoms with E-state index < -0.39 is 11.6 Å². The SMILES string of the molecule is COC(=O)c1ccc(N2CCN(C(=O)OC(C)(C)C)[C@H](C)C2)c(Cl)n1. The Hall–Kier alpha value is -2.02. The molecule has 1 fully saturated rings. The summed E-state index contributed by atoms with van der Waals surface area (Å²) in [7, 11) is 1.30. The number of hydrogen-bond acceptors (Lipinski definition) is 6. The average Bonchev–Trinajstić information content (AvgIpc) is 2.52. The van der Waals surface area contributed by atoms with Crippen molar-refractivity contribution in [2.45, 2.75) is 39.3 Å². The highest BCUT2D eigenvalue weighted by Gasteiger charge is 2.31. The molecule has 8 heteroatoms. The van der Waals surface area contributed by atoms with E-state index in [4.69, 9.17) is 16.3 Å². The lowest BCUT2D eigenvalue weighted by Gasteiger charge is -2.41. The minimum absolute atomic E-state index is 0.0417. The molecule has 1 atom stereocenters. The van der Waals surface area contributed by atoms with Crippen molar-refractivity contribution in [2.24, 2.45) is 0 Å². The number of rotatable bonds is 2. The first kappa shape index (κ1) is 19.3. The zero-order valence-corrected chi connectivity index (χ0v) is 16.0. The first-order valence-corrected chi connectivity index (χ1v) is 8.49. The van der Waals surface area contributed by atoms with Crippen LogP contribution in [-0.4, -0.2) is 60.3 Å². The Kier molecular flexibility index (Phi) is 5.77. The summed E-state index contributed by atoms with van der Waals surface area (Å²) in [5.41, 5.74) is 0.368. The maximum Gasteiger partial charge on any atom is 0.410 e. The molecule has 0 radical (unpaired) electrons. The molecule has 0 N–H and O–H groups in total. The number of methoxy groups -OCH3 is 1. The number of anilines is 1. The topological polar surface area (TPSA) is 72.0 Å². The van der Waals surface area contributed by atoms with E-state index in [1.54, 1.807) is 17.0 Å². The molecule has 0 unspecified atom stereocenters. The minimum atomic E-state index is -0.531. The van der Waals surface area contributed by atoms with E-state index in [9.17, 15) is 9.59 Å². The van der Waals surface area contributed by atoms with Crippen molar-refractivity contribution in [3.05, 3.63) is 23.0 Å². The Morgan fingerprint density at radius 3 is 2.48 bits per heavy atom. The molecule has 0 aromatic carbocycles. The molecule has 7 nitrogen and oxygen atoms in total. The Morgan fingerprint density at radius 2 is 1.96 bits per heavy atom. The predicted molar refractivity (Wildman–Crippen MR) is 95.2 cm³/mol. The van der Waals surface area contributed by atoms with Crippen LogP contribution in [0.25, 0.3) is 0 Å². The summed E-state index contributed by atoms with van der Waals surface area (Å²) in [6.45, 7) is 9.21. The van der Waals surface area contributed by atoms with E-state index in [1.165, 1.54) is 7.11 Å². The van der Waals surface area contributed by atoms with E-state index in [2.05, 4.69) is 9.72 Å². The third-order valence-electron chi connectivity index (χ3n) is 3.82. The highest BCUT2D eigenvalue weighted by molar-refractivity contribution is 6.32. The van der Waals surface area contributed by atoms with Crippen LogP contribution in [0, 0.1) is 0 Å². The third kappa shape index (κ3) is 4.75. The van der Waals surface area contributed by atoms with Gasteiger partial charge in [-0.05, 0) is 39.8 Å². The van der Waals surface area contributed by atoms with Crippen LogP contribution in [0.2, 0.25) is 5.15 Å². The molecule has 0 bridgehead atoms. The van der Waals surface area contributed by atoms with Gasteiger partial charge in [-0.1, -0.05) is 11.6 Å². The van der Waals surface area contributed by atoms with Crippen molar-refractivity contribution in [3.63, 3.8) is 0 Å². The predicted octanol–water partition coefficient (Wildman–Crippen LogP) is 2.97. The van der Waals surface area contributed by atoms with Crippen molar-refractivity contribution in [1.82, 2.24) is 9.88 Å². The first-order chi connectivity index (χ1) is 11.6. The normalized spacial score (nSPS) is 18.1. The van der Waals surface area contributed by atoms with Crippen LogP contribution < -0.4 is 4.90 Å². The van der Waals surface area contributed by atoms with Crippen LogP contribution >= 0.6 is 11.6 Å². The quantitative estimate of drug-likeness (QED) is 0.589. The fraction of sp³-hybridized carbons (Fsp3) is 0.588. The van der Waals surface area contributed by atoms with Gasteiger partial charge < -0.3 is 19.3 Å². The van der Waals surface area contributed by atoms with Crippen LogP contribution in [0.5, 0.6) is 0 Å². The zero-order chi connectivity index (χ0) is 18.8. The van der Waals surface area contributed by atoms with Crippen molar-refractivity contribution < 1.29 is 19.1 Å². The number of carbonyl (C=O) groups excluding carboxylic acids is 2. The molecule has 1 aliphatic heterocycles. The highest BCUT2D eigenvalue weighted by atomic mass is 35.5. The second-order valence-electron chi connectivity index (χ2n) is 6.97. The van der Waals surface area contributed by atoms with Crippen molar-refractivity contribution in [1.29, 1.82) is 0 Å². The summed E-state index contributed by atoms with van der Waals surface area (Å²) >= 11 is 6.23. The van der Waals surface area contributed by atoms with E-state index >= 15 is 0 Å². The van der Waals surface area contributed by atoms with Crippen LogP contribution in [-0.2, 0) is 9.47 Å². The molecule has 2 heterocycles. The van der Waals surface area contributed by atoms with Crippen molar-refractivity contribution in [3.8, 4) is 0 Å². The Morgan fingerprint density at radius 1 is 1.28 bits per heavy atom. The van der Waals surface area contributed by atoms with Gasteiger partial charge in [0.05, 0.1) is 12.8 Å². The summed E-state index contributed by atoms with van der Waals surface area (Å²) in [4.78, 5) is 31.7. The van der Waals surface area contributed by atoms with Gasteiger partial charge in [-0.25, -0.2) is 14.6 Å². The second-order valence-corrected chi connectivity index (χ2v) is 7.32. The van der Waals surface area contributed by atoms with Crippen molar-refractivity contribution >= 4 is 29.4 Å². The first-order valence-electron chi connectivity index (χ1n) is 8.12. The van der Waals surface area contributed by atoms with Gasteiger partial charge in [0, 0.05) is 25.7 Å². The van der Waals surface area contributed by atoms with Gasteiger partial charge in [0.2, 0.25) is 0 Å². The molecule has 138 valence electrons. The van der Waals surface area contributed by atoms with Gasteiger partial charge in [0.1, 0.15) is 11.3 Å². The smallest absolute Gasteiger partial charge is 0.410 e. The lowest BCUT2D eigenvalue weighted by Crippen LogP contribution is -2.55. The zero-order valence-electron chi connectivity index (χ0n) is 15.2. The van der Waals surface area contributed by atoms with E-state index in [0.29, 0.717) is 19.6 Å². The summed E-state index contributed by atoms with van der Waals surface area (Å²) in [6.07, 6.45) is -0.315. The van der Waals surface area contributed by atoms with Gasteiger partial charge in [-0.2, -0.15) is 0 Å². The van der Waals surface area contributed by atoms with Crippen LogP contribution in [0.15, 0.2) is 12.1 Å². The number of nitrogens with zero attached hydrogens (tertiary/aromatic N) is 3. The van der Waals surface area contributed by atoms with Crippen LogP contribution in [0.4, 0.5) is 10.5 Å². The summed E-state index contributed by atoms with van der Waals surface area (Å²) in [5, 5.41) is 0.237. The number of halogens is 1. The van der Waals surface area contributed by atoms with Crippen LogP contribution in [0.1, 0.15) is 38.2 Å². The maximum atomic E-state index is 12.3. The number of esters is 1. The Bertz CT molecular complexity index is 660. The minimum Gasteiger partial charge on any atom is -0.464 e. The Balaban J connectivity index is 2.08. The van der Waals surface area contributed by atoms with E-state index in [-0.39, 0.29) is 23.0 Å². The molecule has 1 aromatic heterocycles. The molecule has 2 rings (SSSR count). The molecule has 0 spiro atoms. The van der Waals surface area contributed by atoms with E-state index in [1.807, 2.05) is 32.6 Å². The molecule has 0 saturated carbocycles. The van der Waals surface area contributed by atoms with Gasteiger partial charge in [-0.3, -0.25) is 0 Å². The summed E-state index contributed by atoms with van der Waals surface area (Å²) in [6, 6.07) is 3.29. The van der Waals surface area contributed by atoms with Gasteiger partial charge in [-0.15, -0.1) is 0 Å². The van der Waals surface area contributed by atoms with Gasteiger partial charge >= 0.3 is 12.1 Å². The number of pyridine rings is 1. The number of amides is 1. The monoisotopic (exact) mass is 369 g/mol. The molecule has 1 aromatic rings. The number of piperazine rings is 1. The molecule has 25 heavy (non-hydrogen) atoms. The van der Waals surface area contributed by atoms with Crippen LogP contribution in [0.3, 0.4) is 0 Å². The Labute approximate surface area is 152 Å².